The summed E-state index contributed by atoms with van der Waals surface area (Å²) in [6.45, 7) is 4.23. The maximum atomic E-state index is 9.86. The zero-order chi connectivity index (χ0) is 49.7. The Balaban J connectivity index is 1.06. The predicted molar refractivity (Wildman–Crippen MR) is 273 cm³/mol. The highest BCUT2D eigenvalue weighted by Crippen LogP contribution is 2.52. The fourth-order valence-electron chi connectivity index (χ4n) is 9.94. The second kappa shape index (κ2) is 15.1. The van der Waals surface area contributed by atoms with Crippen LogP contribution in [-0.2, 0) is 5.41 Å². The van der Waals surface area contributed by atoms with E-state index in [2.05, 4.69) is 62.4 Å². The molecule has 1 nitrogen and oxygen atoms in total. The molecule has 1 heteroatoms. The highest BCUT2D eigenvalue weighted by Gasteiger charge is 2.37. The topological polar surface area (TPSA) is 3.24 Å². The molecule has 0 N–H and O–H groups in total. The zero-order valence-corrected chi connectivity index (χ0v) is 35.3. The molecule has 0 unspecified atom stereocenters. The molecule has 0 fully saturated rings. The highest BCUT2D eigenvalue weighted by atomic mass is 15.1. The van der Waals surface area contributed by atoms with Gasteiger partial charge in [-0.1, -0.05) is 202 Å². The molecule has 0 atom stereocenters. The normalized spacial score (nSPS) is 14.4. The van der Waals surface area contributed by atoms with Crippen molar-refractivity contribution in [3.63, 3.8) is 0 Å². The van der Waals surface area contributed by atoms with E-state index >= 15 is 0 Å². The summed E-state index contributed by atoms with van der Waals surface area (Å²) >= 11 is 0. The van der Waals surface area contributed by atoms with E-state index in [4.69, 9.17) is 0 Å². The lowest BCUT2D eigenvalue weighted by molar-refractivity contribution is 0.662. The molecule has 0 radical (unpaired) electrons. The molecule has 302 valence electrons. The molecule has 0 saturated heterocycles. The van der Waals surface area contributed by atoms with E-state index < -0.39 is 17.5 Å². The van der Waals surface area contributed by atoms with Crippen LogP contribution < -0.4 is 4.90 Å². The van der Waals surface area contributed by atoms with Crippen LogP contribution >= 0.6 is 0 Å². The first-order valence-corrected chi connectivity index (χ1v) is 21.7. The maximum absolute atomic E-state index is 9.86. The van der Waals surface area contributed by atoms with E-state index in [0.717, 1.165) is 76.8 Å². The van der Waals surface area contributed by atoms with Crippen LogP contribution in [0.4, 0.5) is 17.1 Å². The fraction of sp³-hybridized carbons (Fsp3) is 0.0476. The average molecular weight is 824 g/mol. The van der Waals surface area contributed by atoms with Gasteiger partial charge in [0, 0.05) is 22.5 Å². The molecule has 0 bridgehead atoms. The largest absolute Gasteiger partial charge is 0.311 e. The van der Waals surface area contributed by atoms with Gasteiger partial charge in [-0.2, -0.15) is 0 Å². The van der Waals surface area contributed by atoms with Crippen LogP contribution in [0, 0.1) is 0 Å². The van der Waals surface area contributed by atoms with Gasteiger partial charge in [0.1, 0.15) is 0 Å². The second-order valence-corrected chi connectivity index (χ2v) is 17.0. The van der Waals surface area contributed by atoms with Gasteiger partial charge in [0.05, 0.1) is 11.0 Å². The number of benzene rings is 11. The SMILES string of the molecule is [2H]c1c([2H])c(N(c2ccc(-c3cc4ccccc4c4ccccc34)cc2)c2c([2H])c([2H])c(-c3cccc4c3C(C)(C)c3ccccc3-4)c([2H])c2[2H])c([2H])c([2H])c1-c1cccc(-c2cccc3ccccc23)c1. The molecule has 0 spiro atoms. The third kappa shape index (κ3) is 6.23. The van der Waals surface area contributed by atoms with E-state index in [-0.39, 0.29) is 58.8 Å². The summed E-state index contributed by atoms with van der Waals surface area (Å²) in [5.41, 5.74) is 8.49. The van der Waals surface area contributed by atoms with Gasteiger partial charge in [-0.05, 0) is 148 Å². The van der Waals surface area contributed by atoms with E-state index in [0.29, 0.717) is 16.8 Å². The molecule has 1 aliphatic rings. The Hall–Kier alpha value is -8.00. The Kier molecular flexibility index (Phi) is 7.11. The zero-order valence-electron chi connectivity index (χ0n) is 43.3. The van der Waals surface area contributed by atoms with Crippen molar-refractivity contribution in [1.82, 2.24) is 0 Å². The summed E-state index contributed by atoms with van der Waals surface area (Å²) in [5.74, 6) is 0. The van der Waals surface area contributed by atoms with Crippen molar-refractivity contribution >= 4 is 49.4 Å². The van der Waals surface area contributed by atoms with Crippen LogP contribution in [-0.4, -0.2) is 0 Å². The number of rotatable bonds is 7. The summed E-state index contributed by atoms with van der Waals surface area (Å²) in [5, 5.41) is 6.46. The lowest BCUT2D eigenvalue weighted by atomic mass is 9.79. The quantitative estimate of drug-likeness (QED) is 0.145. The summed E-state index contributed by atoms with van der Waals surface area (Å²) in [6, 6.07) is 58.9. The van der Waals surface area contributed by atoms with Gasteiger partial charge in [-0.3, -0.25) is 0 Å². The van der Waals surface area contributed by atoms with E-state index in [1.807, 2.05) is 121 Å². The standard InChI is InChI=1S/C63H45N/c1-63(2)61-27-10-9-23-58(61)59-26-13-25-55(62(59)63)44-30-36-50(37-31-44)64(51-38-32-45(33-39-51)60-41-48-15-4-6-20-54(48)56-21-7-8-22-57(56)60)49-34-28-42(29-35-49)46-17-11-18-47(40-46)53-24-12-16-43-14-3-5-19-52(43)53/h3-41H,1-2H3/i28D,29D,30D,31D,34D,35D,36D,37D. The molecule has 0 saturated carbocycles. The van der Waals surface area contributed by atoms with Gasteiger partial charge in [-0.25, -0.2) is 0 Å². The lowest BCUT2D eigenvalue weighted by Gasteiger charge is -2.27. The first kappa shape index (κ1) is 30.1. The minimum Gasteiger partial charge on any atom is -0.311 e. The van der Waals surface area contributed by atoms with Crippen molar-refractivity contribution in [2.75, 3.05) is 4.90 Å². The van der Waals surface area contributed by atoms with Gasteiger partial charge in [-0.15, -0.1) is 0 Å². The minimum atomic E-state index is -0.514. The van der Waals surface area contributed by atoms with Crippen LogP contribution in [0.15, 0.2) is 236 Å². The van der Waals surface area contributed by atoms with Crippen molar-refractivity contribution < 1.29 is 11.0 Å². The smallest absolute Gasteiger partial charge is 0.0645 e. The van der Waals surface area contributed by atoms with Crippen molar-refractivity contribution in [2.24, 2.45) is 0 Å². The van der Waals surface area contributed by atoms with Crippen LogP contribution in [0.5, 0.6) is 0 Å². The van der Waals surface area contributed by atoms with Crippen LogP contribution in [0.2, 0.25) is 0 Å². The highest BCUT2D eigenvalue weighted by molar-refractivity contribution is 6.13. The van der Waals surface area contributed by atoms with Crippen molar-refractivity contribution in [3.05, 3.63) is 248 Å². The molecule has 64 heavy (non-hydrogen) atoms. The summed E-state index contributed by atoms with van der Waals surface area (Å²) in [6.07, 6.45) is 0. The summed E-state index contributed by atoms with van der Waals surface area (Å²) < 4.78 is 78.1. The molecule has 11 aromatic rings. The Morgan fingerprint density at radius 3 is 1.66 bits per heavy atom. The predicted octanol–water partition coefficient (Wildman–Crippen LogP) is 17.6. The molecule has 0 heterocycles. The Labute approximate surface area is 386 Å². The Morgan fingerprint density at radius 2 is 0.875 bits per heavy atom. The van der Waals surface area contributed by atoms with Crippen LogP contribution in [0.1, 0.15) is 35.9 Å². The molecule has 0 amide bonds. The molecule has 0 aliphatic heterocycles. The van der Waals surface area contributed by atoms with Crippen molar-refractivity contribution in [3.8, 4) is 55.6 Å². The monoisotopic (exact) mass is 823 g/mol. The second-order valence-electron chi connectivity index (χ2n) is 17.0. The number of nitrogens with zero attached hydrogens (tertiary/aromatic N) is 1. The molecular weight excluding hydrogens is 771 g/mol. The third-order valence-electron chi connectivity index (χ3n) is 13.0. The third-order valence-corrected chi connectivity index (χ3v) is 13.0. The van der Waals surface area contributed by atoms with E-state index in [1.54, 1.807) is 18.2 Å². The number of hydrogen-bond acceptors (Lipinski definition) is 1. The average Bonchev–Trinajstić information content (AvgIpc) is 3.65. The van der Waals surface area contributed by atoms with Gasteiger partial charge >= 0.3 is 0 Å². The van der Waals surface area contributed by atoms with E-state index in [9.17, 15) is 11.0 Å². The summed E-state index contributed by atoms with van der Waals surface area (Å²) in [7, 11) is 0. The number of anilines is 3. The van der Waals surface area contributed by atoms with Gasteiger partial charge in [0.25, 0.3) is 0 Å². The van der Waals surface area contributed by atoms with Crippen molar-refractivity contribution in [2.45, 2.75) is 19.3 Å². The lowest BCUT2D eigenvalue weighted by Crippen LogP contribution is -2.16. The van der Waals surface area contributed by atoms with Crippen LogP contribution in [0.25, 0.3) is 88.0 Å². The molecule has 11 aromatic carbocycles. The molecular formula is C63H45N. The first-order chi connectivity index (χ1) is 34.8. The Morgan fingerprint density at radius 1 is 0.328 bits per heavy atom. The number of fused-ring (bicyclic) bond motifs is 7. The summed E-state index contributed by atoms with van der Waals surface area (Å²) in [4.78, 5) is 1.39. The molecule has 1 aliphatic carbocycles. The fourth-order valence-corrected chi connectivity index (χ4v) is 9.94. The van der Waals surface area contributed by atoms with E-state index in [1.165, 1.54) is 4.90 Å². The van der Waals surface area contributed by atoms with Gasteiger partial charge < -0.3 is 4.90 Å². The van der Waals surface area contributed by atoms with Crippen LogP contribution in [0.3, 0.4) is 0 Å². The number of hydrogen-bond donors (Lipinski definition) is 0. The minimum absolute atomic E-state index is 0.103. The van der Waals surface area contributed by atoms with Crippen molar-refractivity contribution in [1.29, 1.82) is 0 Å². The molecule has 12 rings (SSSR count). The maximum Gasteiger partial charge on any atom is 0.0645 e. The van der Waals surface area contributed by atoms with Gasteiger partial charge in [0.2, 0.25) is 0 Å². The van der Waals surface area contributed by atoms with Gasteiger partial charge in [0.15, 0.2) is 0 Å². The first-order valence-electron chi connectivity index (χ1n) is 25.7. The molecule has 0 aromatic heterocycles. The Bertz CT molecular complexity index is 4000.